The average molecular weight is 326 g/mol. The van der Waals surface area contributed by atoms with E-state index in [4.69, 9.17) is 4.74 Å². The highest BCUT2D eigenvalue weighted by molar-refractivity contribution is 6.02. The molecular weight excluding hydrogens is 311 g/mol. The lowest BCUT2D eigenvalue weighted by Crippen LogP contribution is -2.15. The number of nitrogens with one attached hydrogen (secondary N) is 1. The number of carbonyl (C=O) groups is 1. The molecule has 6 nitrogen and oxygen atoms in total. The molecule has 7 heteroatoms. The molecule has 1 N–H and O–H groups in total. The summed E-state index contributed by atoms with van der Waals surface area (Å²) < 4.78 is 19.8. The van der Waals surface area contributed by atoms with Crippen LogP contribution in [0.15, 0.2) is 54.9 Å². The highest BCUT2D eigenvalue weighted by Crippen LogP contribution is 2.12. The fraction of sp³-hybridized carbons (Fsp3) is 0.118. The maximum absolute atomic E-state index is 12.8. The van der Waals surface area contributed by atoms with E-state index in [2.05, 4.69) is 15.4 Å². The molecule has 2 heterocycles. The predicted octanol–water partition coefficient (Wildman–Crippen LogP) is 3.01. The molecule has 0 bridgehead atoms. The molecule has 3 rings (SSSR count). The summed E-state index contributed by atoms with van der Waals surface area (Å²) in [5, 5.41) is 6.80. The van der Waals surface area contributed by atoms with Crippen LogP contribution >= 0.6 is 0 Å². The molecule has 0 aliphatic heterocycles. The number of ether oxygens (including phenoxy) is 1. The van der Waals surface area contributed by atoms with Crippen molar-refractivity contribution < 1.29 is 13.9 Å². The van der Waals surface area contributed by atoms with Gasteiger partial charge in [0.2, 0.25) is 0 Å². The van der Waals surface area contributed by atoms with Crippen LogP contribution in [0, 0.1) is 12.7 Å². The Bertz CT molecular complexity index is 829. The molecule has 24 heavy (non-hydrogen) atoms. The van der Waals surface area contributed by atoms with E-state index in [0.717, 1.165) is 5.56 Å². The normalized spacial score (nSPS) is 10.4. The van der Waals surface area contributed by atoms with Crippen LogP contribution in [-0.2, 0) is 6.73 Å². The van der Waals surface area contributed by atoms with Crippen LogP contribution in [0.3, 0.4) is 0 Å². The highest BCUT2D eigenvalue weighted by Gasteiger charge is 2.10. The van der Waals surface area contributed by atoms with Crippen LogP contribution in [0.25, 0.3) is 0 Å². The second kappa shape index (κ2) is 6.91. The van der Waals surface area contributed by atoms with Crippen molar-refractivity contribution in [3.05, 3.63) is 71.9 Å². The number of aryl methyl sites for hydroxylation is 1. The molecule has 0 unspecified atom stereocenters. The van der Waals surface area contributed by atoms with Gasteiger partial charge in [0.15, 0.2) is 12.4 Å². The van der Waals surface area contributed by atoms with Crippen molar-refractivity contribution in [3.8, 4) is 5.75 Å². The van der Waals surface area contributed by atoms with Crippen molar-refractivity contribution in [2.45, 2.75) is 13.7 Å². The molecule has 2 aromatic heterocycles. The van der Waals surface area contributed by atoms with Crippen LogP contribution in [0.1, 0.15) is 16.1 Å². The largest absolute Gasteiger partial charge is 0.471 e. The third kappa shape index (κ3) is 3.95. The first kappa shape index (κ1) is 15.7. The van der Waals surface area contributed by atoms with E-state index in [1.807, 2.05) is 13.0 Å². The lowest BCUT2D eigenvalue weighted by Gasteiger charge is -2.06. The van der Waals surface area contributed by atoms with E-state index >= 15 is 0 Å². The summed E-state index contributed by atoms with van der Waals surface area (Å²) in [6.07, 6.45) is 3.30. The molecule has 0 fully saturated rings. The zero-order chi connectivity index (χ0) is 16.9. The number of halogens is 1. The molecule has 0 atom stereocenters. The van der Waals surface area contributed by atoms with Crippen LogP contribution < -0.4 is 10.1 Å². The smallest absolute Gasteiger partial charge is 0.277 e. The highest BCUT2D eigenvalue weighted by atomic mass is 19.1. The number of hydrogen-bond acceptors (Lipinski definition) is 4. The van der Waals surface area contributed by atoms with Crippen molar-refractivity contribution in [1.82, 2.24) is 14.8 Å². The second-order valence-electron chi connectivity index (χ2n) is 5.14. The summed E-state index contributed by atoms with van der Waals surface area (Å²) in [6, 6.07) is 10.8. The summed E-state index contributed by atoms with van der Waals surface area (Å²) in [5.74, 6) is 0.293. The van der Waals surface area contributed by atoms with E-state index in [-0.39, 0.29) is 24.1 Å². The van der Waals surface area contributed by atoms with E-state index in [9.17, 15) is 9.18 Å². The van der Waals surface area contributed by atoms with Crippen LogP contribution in [0.4, 0.5) is 10.2 Å². The van der Waals surface area contributed by atoms with Gasteiger partial charge >= 0.3 is 0 Å². The Morgan fingerprint density at radius 2 is 2.00 bits per heavy atom. The van der Waals surface area contributed by atoms with Gasteiger partial charge in [0.1, 0.15) is 17.4 Å². The van der Waals surface area contributed by atoms with Gasteiger partial charge in [-0.2, -0.15) is 5.10 Å². The third-order valence-corrected chi connectivity index (χ3v) is 3.20. The number of amides is 1. The predicted molar refractivity (Wildman–Crippen MR) is 86.2 cm³/mol. The van der Waals surface area contributed by atoms with E-state index < -0.39 is 0 Å². The minimum atomic E-state index is -0.355. The van der Waals surface area contributed by atoms with Gasteiger partial charge in [0.05, 0.1) is 0 Å². The lowest BCUT2D eigenvalue weighted by molar-refractivity contribution is 0.102. The van der Waals surface area contributed by atoms with E-state index in [1.165, 1.54) is 28.9 Å². The van der Waals surface area contributed by atoms with Gasteiger partial charge in [-0.1, -0.05) is 6.07 Å². The Morgan fingerprint density at radius 1 is 1.21 bits per heavy atom. The molecule has 0 radical (unpaired) electrons. The number of nitrogens with zero attached hydrogens (tertiary/aromatic N) is 3. The summed E-state index contributed by atoms with van der Waals surface area (Å²) in [7, 11) is 0. The Balaban J connectivity index is 1.59. The lowest BCUT2D eigenvalue weighted by atomic mass is 10.3. The molecular formula is C17H15FN4O2. The van der Waals surface area contributed by atoms with Crippen molar-refractivity contribution in [2.75, 3.05) is 5.32 Å². The van der Waals surface area contributed by atoms with Gasteiger partial charge in [-0.25, -0.2) is 14.1 Å². The first-order valence-electron chi connectivity index (χ1n) is 7.26. The van der Waals surface area contributed by atoms with Gasteiger partial charge in [-0.05, 0) is 48.9 Å². The number of benzene rings is 1. The topological polar surface area (TPSA) is 69.0 Å². The fourth-order valence-corrected chi connectivity index (χ4v) is 1.95. The number of anilines is 1. The van der Waals surface area contributed by atoms with Crippen LogP contribution in [0.5, 0.6) is 5.75 Å². The molecule has 1 amide bonds. The maximum Gasteiger partial charge on any atom is 0.277 e. The number of rotatable bonds is 5. The SMILES string of the molecule is Cc1ccc(NC(=O)c2ccn(COc3ccc(F)cc3)n2)nc1. The maximum atomic E-state index is 12.8. The summed E-state index contributed by atoms with van der Waals surface area (Å²) in [6.45, 7) is 2.03. The average Bonchev–Trinajstić information content (AvgIpc) is 3.06. The van der Waals surface area contributed by atoms with E-state index in [0.29, 0.717) is 11.6 Å². The monoisotopic (exact) mass is 326 g/mol. The molecule has 0 aliphatic carbocycles. The number of carbonyl (C=O) groups excluding carboxylic acids is 1. The Morgan fingerprint density at radius 3 is 2.71 bits per heavy atom. The molecule has 0 saturated heterocycles. The van der Waals surface area contributed by atoms with Crippen molar-refractivity contribution >= 4 is 11.7 Å². The van der Waals surface area contributed by atoms with E-state index in [1.54, 1.807) is 24.5 Å². The minimum absolute atomic E-state index is 0.113. The van der Waals surface area contributed by atoms with Crippen molar-refractivity contribution in [3.63, 3.8) is 0 Å². The zero-order valence-electron chi connectivity index (χ0n) is 12.9. The van der Waals surface area contributed by atoms with Crippen molar-refractivity contribution in [2.24, 2.45) is 0 Å². The van der Waals surface area contributed by atoms with Gasteiger partial charge in [-0.3, -0.25) is 4.79 Å². The van der Waals surface area contributed by atoms with Gasteiger partial charge in [0, 0.05) is 12.4 Å². The van der Waals surface area contributed by atoms with Gasteiger partial charge < -0.3 is 10.1 Å². The molecule has 122 valence electrons. The Hall–Kier alpha value is -3.22. The second-order valence-corrected chi connectivity index (χ2v) is 5.14. The molecule has 1 aromatic carbocycles. The first-order valence-corrected chi connectivity index (χ1v) is 7.26. The first-order chi connectivity index (χ1) is 11.6. The Labute approximate surface area is 137 Å². The van der Waals surface area contributed by atoms with Gasteiger partial charge in [-0.15, -0.1) is 0 Å². The molecule has 0 aliphatic rings. The number of hydrogen-bond donors (Lipinski definition) is 1. The van der Waals surface area contributed by atoms with Crippen molar-refractivity contribution in [1.29, 1.82) is 0 Å². The van der Waals surface area contributed by atoms with Gasteiger partial charge in [0.25, 0.3) is 5.91 Å². The summed E-state index contributed by atoms with van der Waals surface area (Å²) in [5.41, 5.74) is 1.26. The molecule has 3 aromatic rings. The number of pyridine rings is 1. The fourth-order valence-electron chi connectivity index (χ4n) is 1.95. The summed E-state index contributed by atoms with van der Waals surface area (Å²) >= 11 is 0. The standard InChI is InChI=1S/C17H15FN4O2/c1-12-2-7-16(19-10-12)20-17(23)15-8-9-22(21-15)11-24-14-5-3-13(18)4-6-14/h2-10H,11H2,1H3,(H,19,20,23). The van der Waals surface area contributed by atoms with Crippen LogP contribution in [-0.4, -0.2) is 20.7 Å². The Kier molecular flexibility index (Phi) is 4.51. The third-order valence-electron chi connectivity index (χ3n) is 3.20. The summed E-state index contributed by atoms with van der Waals surface area (Å²) in [4.78, 5) is 16.2. The quantitative estimate of drug-likeness (QED) is 0.782. The number of aromatic nitrogens is 3. The van der Waals surface area contributed by atoms with Crippen LogP contribution in [0.2, 0.25) is 0 Å². The molecule has 0 spiro atoms. The molecule has 0 saturated carbocycles. The minimum Gasteiger partial charge on any atom is -0.471 e. The zero-order valence-corrected chi connectivity index (χ0v) is 12.9.